The Kier molecular flexibility index (Phi) is 4.14. The summed E-state index contributed by atoms with van der Waals surface area (Å²) in [5.74, 6) is -0.0127. The molecule has 1 atom stereocenters. The average molecular weight is 256 g/mol. The van der Waals surface area contributed by atoms with Crippen LogP contribution in [-0.4, -0.2) is 42.6 Å². The summed E-state index contributed by atoms with van der Waals surface area (Å²) in [5, 5.41) is 13.1. The first kappa shape index (κ1) is 13.2. The minimum Gasteiger partial charge on any atom is -0.507 e. The lowest BCUT2D eigenvalue weighted by atomic mass is 10.0. The van der Waals surface area contributed by atoms with E-state index in [9.17, 15) is 13.9 Å². The van der Waals surface area contributed by atoms with Gasteiger partial charge in [0.2, 0.25) is 0 Å². The molecule has 0 bridgehead atoms. The molecule has 0 unspecified atom stereocenters. The zero-order chi connectivity index (χ0) is 13.1. The molecule has 0 saturated carbocycles. The first-order valence-electron chi connectivity index (χ1n) is 6.12. The van der Waals surface area contributed by atoms with Crippen LogP contribution in [0.15, 0.2) is 18.2 Å². The standard InChI is InChI=1S/C13H18F2N2O/c1-9-3-2-4-10(12(9)18)11(13(14)15)17-7-5-16-6-8-17/h2-4,11,13,16,18H,5-8H2,1H3/t11-/m0/s1. The molecule has 1 heterocycles. The van der Waals surface area contributed by atoms with E-state index in [4.69, 9.17) is 0 Å². The number of halogens is 2. The van der Waals surface area contributed by atoms with Crippen LogP contribution < -0.4 is 5.32 Å². The SMILES string of the molecule is Cc1cccc([C@@H](C(F)F)N2CCNCC2)c1O. The monoisotopic (exact) mass is 256 g/mol. The highest BCUT2D eigenvalue weighted by atomic mass is 19.3. The van der Waals surface area contributed by atoms with Gasteiger partial charge in [-0.2, -0.15) is 0 Å². The highest BCUT2D eigenvalue weighted by Crippen LogP contribution is 2.35. The van der Waals surface area contributed by atoms with Gasteiger partial charge in [-0.15, -0.1) is 0 Å². The van der Waals surface area contributed by atoms with E-state index in [1.54, 1.807) is 30.0 Å². The van der Waals surface area contributed by atoms with Crippen LogP contribution in [-0.2, 0) is 0 Å². The number of nitrogens with zero attached hydrogens (tertiary/aromatic N) is 1. The molecule has 0 aliphatic carbocycles. The maximum absolute atomic E-state index is 13.3. The molecule has 18 heavy (non-hydrogen) atoms. The van der Waals surface area contributed by atoms with Gasteiger partial charge in [0.25, 0.3) is 6.43 Å². The number of alkyl halides is 2. The topological polar surface area (TPSA) is 35.5 Å². The van der Waals surface area contributed by atoms with Crippen molar-refractivity contribution in [1.82, 2.24) is 10.2 Å². The molecule has 0 amide bonds. The summed E-state index contributed by atoms with van der Waals surface area (Å²) in [4.78, 5) is 1.73. The molecule has 100 valence electrons. The summed E-state index contributed by atoms with van der Waals surface area (Å²) < 4.78 is 26.6. The second-order valence-corrected chi connectivity index (χ2v) is 4.58. The van der Waals surface area contributed by atoms with Crippen LogP contribution in [0.2, 0.25) is 0 Å². The predicted molar refractivity (Wildman–Crippen MR) is 66.0 cm³/mol. The van der Waals surface area contributed by atoms with Crippen LogP contribution in [0.5, 0.6) is 5.75 Å². The van der Waals surface area contributed by atoms with Gasteiger partial charge in [-0.3, -0.25) is 4.90 Å². The third-order valence-corrected chi connectivity index (χ3v) is 3.37. The van der Waals surface area contributed by atoms with Crippen molar-refractivity contribution in [1.29, 1.82) is 0 Å². The normalized spacial score (nSPS) is 19.1. The highest BCUT2D eigenvalue weighted by Gasteiger charge is 2.32. The van der Waals surface area contributed by atoms with E-state index in [1.165, 1.54) is 0 Å². The third kappa shape index (κ3) is 2.62. The molecule has 0 radical (unpaired) electrons. The van der Waals surface area contributed by atoms with E-state index >= 15 is 0 Å². The summed E-state index contributed by atoms with van der Waals surface area (Å²) >= 11 is 0. The number of aromatic hydroxyl groups is 1. The number of benzene rings is 1. The summed E-state index contributed by atoms with van der Waals surface area (Å²) in [6.07, 6.45) is -2.50. The Balaban J connectivity index is 2.31. The van der Waals surface area contributed by atoms with Crippen LogP contribution in [0, 0.1) is 6.92 Å². The molecule has 0 aromatic heterocycles. The van der Waals surface area contributed by atoms with Crippen LogP contribution in [0.25, 0.3) is 0 Å². The maximum atomic E-state index is 13.3. The van der Waals surface area contributed by atoms with Gasteiger partial charge >= 0.3 is 0 Å². The number of nitrogens with one attached hydrogen (secondary N) is 1. The van der Waals surface area contributed by atoms with E-state index in [0.29, 0.717) is 37.3 Å². The quantitative estimate of drug-likeness (QED) is 0.867. The molecule has 2 rings (SSSR count). The van der Waals surface area contributed by atoms with E-state index < -0.39 is 12.5 Å². The largest absolute Gasteiger partial charge is 0.507 e. The van der Waals surface area contributed by atoms with Gasteiger partial charge in [0, 0.05) is 31.7 Å². The first-order valence-corrected chi connectivity index (χ1v) is 6.12. The number of para-hydroxylation sites is 1. The second-order valence-electron chi connectivity index (χ2n) is 4.58. The lowest BCUT2D eigenvalue weighted by molar-refractivity contribution is 0.0170. The van der Waals surface area contributed by atoms with Gasteiger partial charge < -0.3 is 10.4 Å². The fraction of sp³-hybridized carbons (Fsp3) is 0.538. The number of aryl methyl sites for hydroxylation is 1. The average Bonchev–Trinajstić information content (AvgIpc) is 2.36. The molecule has 2 N–H and O–H groups in total. The molecule has 5 heteroatoms. The number of phenols is 1. The van der Waals surface area contributed by atoms with Crippen molar-refractivity contribution < 1.29 is 13.9 Å². The summed E-state index contributed by atoms with van der Waals surface area (Å²) in [5.41, 5.74) is 0.959. The van der Waals surface area contributed by atoms with Crippen LogP contribution in [0.1, 0.15) is 17.2 Å². The van der Waals surface area contributed by atoms with E-state index in [-0.39, 0.29) is 5.75 Å². The molecule has 1 fully saturated rings. The van der Waals surface area contributed by atoms with Gasteiger partial charge in [0.15, 0.2) is 0 Å². The van der Waals surface area contributed by atoms with Crippen molar-refractivity contribution in [2.75, 3.05) is 26.2 Å². The summed E-state index contributed by atoms with van der Waals surface area (Å²) in [6.45, 7) is 4.27. The van der Waals surface area contributed by atoms with Crippen LogP contribution in [0.4, 0.5) is 8.78 Å². The lowest BCUT2D eigenvalue weighted by Gasteiger charge is -2.35. The maximum Gasteiger partial charge on any atom is 0.258 e. The van der Waals surface area contributed by atoms with E-state index in [2.05, 4.69) is 5.32 Å². The van der Waals surface area contributed by atoms with Crippen molar-refractivity contribution in [2.45, 2.75) is 19.4 Å². The van der Waals surface area contributed by atoms with E-state index in [0.717, 1.165) is 0 Å². The second kappa shape index (κ2) is 5.63. The predicted octanol–water partition coefficient (Wildman–Crippen LogP) is 1.91. The minimum atomic E-state index is -2.50. The Morgan fingerprint density at radius 1 is 1.28 bits per heavy atom. The number of hydrogen-bond donors (Lipinski definition) is 2. The van der Waals surface area contributed by atoms with Crippen molar-refractivity contribution in [3.63, 3.8) is 0 Å². The number of rotatable bonds is 3. The Bertz CT molecular complexity index is 406. The molecular weight excluding hydrogens is 238 g/mol. The highest BCUT2D eigenvalue weighted by molar-refractivity contribution is 5.41. The summed E-state index contributed by atoms with van der Waals surface area (Å²) in [6, 6.07) is 3.99. The molecule has 1 saturated heterocycles. The molecule has 3 nitrogen and oxygen atoms in total. The van der Waals surface area contributed by atoms with Crippen molar-refractivity contribution in [3.05, 3.63) is 29.3 Å². The Morgan fingerprint density at radius 3 is 2.56 bits per heavy atom. The Hall–Kier alpha value is -1.20. The van der Waals surface area contributed by atoms with Crippen molar-refractivity contribution in [3.8, 4) is 5.75 Å². The lowest BCUT2D eigenvalue weighted by Crippen LogP contribution is -2.46. The third-order valence-electron chi connectivity index (χ3n) is 3.37. The summed E-state index contributed by atoms with van der Waals surface area (Å²) in [7, 11) is 0. The van der Waals surface area contributed by atoms with E-state index in [1.807, 2.05) is 0 Å². The Morgan fingerprint density at radius 2 is 1.94 bits per heavy atom. The molecular formula is C13H18F2N2O. The number of piperazine rings is 1. The van der Waals surface area contributed by atoms with Crippen molar-refractivity contribution >= 4 is 0 Å². The molecule has 1 aromatic carbocycles. The fourth-order valence-electron chi connectivity index (χ4n) is 2.37. The molecule has 1 aromatic rings. The van der Waals surface area contributed by atoms with Crippen LogP contribution >= 0.6 is 0 Å². The molecule has 1 aliphatic rings. The number of phenolic OH excluding ortho intramolecular Hbond substituents is 1. The zero-order valence-corrected chi connectivity index (χ0v) is 10.4. The fourth-order valence-corrected chi connectivity index (χ4v) is 2.37. The molecule has 0 spiro atoms. The Labute approximate surface area is 105 Å². The smallest absolute Gasteiger partial charge is 0.258 e. The number of hydrogen-bond acceptors (Lipinski definition) is 3. The van der Waals surface area contributed by atoms with Gasteiger partial charge in [0.05, 0.1) is 6.04 Å². The van der Waals surface area contributed by atoms with Gasteiger partial charge in [-0.25, -0.2) is 8.78 Å². The van der Waals surface area contributed by atoms with Crippen LogP contribution in [0.3, 0.4) is 0 Å². The van der Waals surface area contributed by atoms with Crippen molar-refractivity contribution in [2.24, 2.45) is 0 Å². The first-order chi connectivity index (χ1) is 8.61. The minimum absolute atomic E-state index is 0.0127. The zero-order valence-electron chi connectivity index (χ0n) is 10.4. The molecule has 1 aliphatic heterocycles. The van der Waals surface area contributed by atoms with Gasteiger partial charge in [-0.1, -0.05) is 18.2 Å². The van der Waals surface area contributed by atoms with Gasteiger partial charge in [0.1, 0.15) is 5.75 Å². The van der Waals surface area contributed by atoms with Gasteiger partial charge in [-0.05, 0) is 12.5 Å².